The van der Waals surface area contributed by atoms with Crippen molar-refractivity contribution in [3.8, 4) is 11.3 Å². The maximum absolute atomic E-state index is 11.4. The number of benzene rings is 2. The molecule has 2 N–H and O–H groups in total. The van der Waals surface area contributed by atoms with Crippen LogP contribution in [-0.2, 0) is 11.2 Å². The summed E-state index contributed by atoms with van der Waals surface area (Å²) in [4.78, 5) is 16.1. The molecule has 0 radical (unpaired) electrons. The van der Waals surface area contributed by atoms with Crippen LogP contribution in [0.1, 0.15) is 11.1 Å². The summed E-state index contributed by atoms with van der Waals surface area (Å²) in [5.74, 6) is 0.0530. The lowest BCUT2D eigenvalue weighted by atomic mass is 10.1. The normalized spacial score (nSPS) is 12.8. The van der Waals surface area contributed by atoms with Crippen LogP contribution in [0, 0.1) is 6.92 Å². The van der Waals surface area contributed by atoms with Gasteiger partial charge in [-0.25, -0.2) is 4.98 Å². The summed E-state index contributed by atoms with van der Waals surface area (Å²) >= 11 is 1.57. The number of nitrogens with zero attached hydrogens (tertiary/aromatic N) is 1. The third-order valence-electron chi connectivity index (χ3n) is 3.80. The molecule has 5 heteroatoms. The molecule has 0 aliphatic carbocycles. The second-order valence-electron chi connectivity index (χ2n) is 5.63. The maximum Gasteiger partial charge on any atom is 0.228 e. The predicted molar refractivity (Wildman–Crippen MR) is 94.3 cm³/mol. The monoisotopic (exact) mass is 321 g/mol. The van der Waals surface area contributed by atoms with Crippen molar-refractivity contribution in [2.24, 2.45) is 0 Å². The zero-order valence-electron chi connectivity index (χ0n) is 12.6. The van der Waals surface area contributed by atoms with Gasteiger partial charge in [-0.15, -0.1) is 11.3 Å². The first kappa shape index (κ1) is 14.0. The molecule has 1 aromatic heterocycles. The molecule has 0 fully saturated rings. The molecule has 2 heterocycles. The summed E-state index contributed by atoms with van der Waals surface area (Å²) in [6, 6.07) is 14.2. The minimum Gasteiger partial charge on any atom is -0.332 e. The van der Waals surface area contributed by atoms with E-state index in [1.807, 2.05) is 35.7 Å². The van der Waals surface area contributed by atoms with Gasteiger partial charge in [-0.3, -0.25) is 4.79 Å². The van der Waals surface area contributed by atoms with Crippen LogP contribution in [0.2, 0.25) is 0 Å². The number of carbonyl (C=O) groups is 1. The van der Waals surface area contributed by atoms with Crippen molar-refractivity contribution in [1.29, 1.82) is 0 Å². The number of aryl methyl sites for hydroxylation is 1. The van der Waals surface area contributed by atoms with E-state index in [-0.39, 0.29) is 5.91 Å². The van der Waals surface area contributed by atoms with Gasteiger partial charge < -0.3 is 10.6 Å². The van der Waals surface area contributed by atoms with Gasteiger partial charge in [0.25, 0.3) is 0 Å². The lowest BCUT2D eigenvalue weighted by Crippen LogP contribution is -2.03. The molecule has 2 aromatic carbocycles. The minimum absolute atomic E-state index is 0.0530. The van der Waals surface area contributed by atoms with Gasteiger partial charge in [0.1, 0.15) is 0 Å². The number of anilines is 3. The van der Waals surface area contributed by atoms with Crippen LogP contribution < -0.4 is 10.6 Å². The van der Waals surface area contributed by atoms with Crippen LogP contribution in [0.25, 0.3) is 11.3 Å². The Bertz CT molecular complexity index is 901. The zero-order chi connectivity index (χ0) is 15.8. The lowest BCUT2D eigenvalue weighted by molar-refractivity contribution is -0.115. The molecule has 1 amide bonds. The predicted octanol–water partition coefficient (Wildman–Crippen LogP) is 4.36. The van der Waals surface area contributed by atoms with E-state index in [2.05, 4.69) is 34.7 Å². The van der Waals surface area contributed by atoms with Gasteiger partial charge >= 0.3 is 0 Å². The molecule has 0 bridgehead atoms. The van der Waals surface area contributed by atoms with E-state index in [1.165, 1.54) is 5.56 Å². The average molecular weight is 321 g/mol. The van der Waals surface area contributed by atoms with E-state index in [4.69, 9.17) is 0 Å². The molecular formula is C18H15N3OS. The van der Waals surface area contributed by atoms with E-state index >= 15 is 0 Å². The Labute approximate surface area is 138 Å². The van der Waals surface area contributed by atoms with Crippen molar-refractivity contribution in [2.75, 3.05) is 10.6 Å². The molecule has 23 heavy (non-hydrogen) atoms. The number of amides is 1. The van der Waals surface area contributed by atoms with Crippen molar-refractivity contribution in [2.45, 2.75) is 13.3 Å². The summed E-state index contributed by atoms with van der Waals surface area (Å²) in [7, 11) is 0. The van der Waals surface area contributed by atoms with Crippen molar-refractivity contribution in [3.05, 3.63) is 59.0 Å². The number of hydrogen-bond donors (Lipinski definition) is 2. The molecule has 0 saturated heterocycles. The van der Waals surface area contributed by atoms with Gasteiger partial charge in [0.15, 0.2) is 5.13 Å². The fraction of sp³-hybridized carbons (Fsp3) is 0.111. The van der Waals surface area contributed by atoms with Crippen LogP contribution in [0.4, 0.5) is 16.5 Å². The summed E-state index contributed by atoms with van der Waals surface area (Å²) in [6.45, 7) is 2.07. The van der Waals surface area contributed by atoms with Gasteiger partial charge in [0.05, 0.1) is 12.1 Å². The first-order valence-electron chi connectivity index (χ1n) is 7.40. The Morgan fingerprint density at radius 1 is 1.22 bits per heavy atom. The van der Waals surface area contributed by atoms with Crippen molar-refractivity contribution in [3.63, 3.8) is 0 Å². The molecule has 0 unspecified atom stereocenters. The van der Waals surface area contributed by atoms with Gasteiger partial charge in [-0.2, -0.15) is 0 Å². The number of carbonyl (C=O) groups excluding carboxylic acids is 1. The highest BCUT2D eigenvalue weighted by Crippen LogP contribution is 2.31. The fourth-order valence-corrected chi connectivity index (χ4v) is 3.44. The van der Waals surface area contributed by atoms with E-state index < -0.39 is 0 Å². The average Bonchev–Trinajstić information content (AvgIpc) is 3.12. The first-order valence-corrected chi connectivity index (χ1v) is 8.28. The number of fused-ring (bicyclic) bond motifs is 1. The molecule has 4 rings (SSSR count). The Morgan fingerprint density at radius 2 is 2.13 bits per heavy atom. The summed E-state index contributed by atoms with van der Waals surface area (Å²) in [5.41, 5.74) is 6.15. The standard InChI is InChI=1S/C18H15N3OS/c1-11-3-2-4-14(7-11)19-18-21-16(10-23-18)12-5-6-15-13(8-12)9-17(22)20-15/h2-8,10H,9H2,1H3,(H,19,21)(H,20,22). The van der Waals surface area contributed by atoms with Crippen LogP contribution in [-0.4, -0.2) is 10.9 Å². The van der Waals surface area contributed by atoms with Gasteiger partial charge in [0, 0.05) is 22.3 Å². The summed E-state index contributed by atoms with van der Waals surface area (Å²) in [6.07, 6.45) is 0.446. The minimum atomic E-state index is 0.0530. The molecule has 1 aliphatic heterocycles. The molecule has 4 nitrogen and oxygen atoms in total. The Morgan fingerprint density at radius 3 is 3.00 bits per heavy atom. The molecule has 3 aromatic rings. The Balaban J connectivity index is 1.59. The molecule has 0 atom stereocenters. The van der Waals surface area contributed by atoms with E-state index in [1.54, 1.807) is 11.3 Å². The van der Waals surface area contributed by atoms with Crippen LogP contribution >= 0.6 is 11.3 Å². The van der Waals surface area contributed by atoms with Gasteiger partial charge in [-0.1, -0.05) is 18.2 Å². The Kier molecular flexibility index (Phi) is 3.35. The van der Waals surface area contributed by atoms with E-state index in [9.17, 15) is 4.79 Å². The maximum atomic E-state index is 11.4. The third-order valence-corrected chi connectivity index (χ3v) is 4.56. The number of hydrogen-bond acceptors (Lipinski definition) is 4. The van der Waals surface area contributed by atoms with Crippen LogP contribution in [0.5, 0.6) is 0 Å². The quantitative estimate of drug-likeness (QED) is 0.754. The number of aromatic nitrogens is 1. The second kappa shape index (κ2) is 5.52. The molecular weight excluding hydrogens is 306 g/mol. The number of rotatable bonds is 3. The number of thiazole rings is 1. The highest BCUT2D eigenvalue weighted by Gasteiger charge is 2.18. The van der Waals surface area contributed by atoms with E-state index in [0.29, 0.717) is 6.42 Å². The van der Waals surface area contributed by atoms with Crippen LogP contribution in [0.15, 0.2) is 47.8 Å². The largest absolute Gasteiger partial charge is 0.332 e. The molecule has 0 saturated carbocycles. The fourth-order valence-electron chi connectivity index (χ4n) is 2.70. The van der Waals surface area contributed by atoms with Gasteiger partial charge in [-0.05, 0) is 42.3 Å². The van der Waals surface area contributed by atoms with Gasteiger partial charge in [0.2, 0.25) is 5.91 Å². The smallest absolute Gasteiger partial charge is 0.228 e. The van der Waals surface area contributed by atoms with Crippen molar-refractivity contribution < 1.29 is 4.79 Å². The number of nitrogens with one attached hydrogen (secondary N) is 2. The third kappa shape index (κ3) is 2.83. The zero-order valence-corrected chi connectivity index (χ0v) is 13.4. The molecule has 1 aliphatic rings. The highest BCUT2D eigenvalue weighted by molar-refractivity contribution is 7.14. The van der Waals surface area contributed by atoms with Crippen molar-refractivity contribution >= 4 is 33.8 Å². The first-order chi connectivity index (χ1) is 11.2. The highest BCUT2D eigenvalue weighted by atomic mass is 32.1. The topological polar surface area (TPSA) is 54.0 Å². The second-order valence-corrected chi connectivity index (χ2v) is 6.49. The summed E-state index contributed by atoms with van der Waals surface area (Å²) in [5, 5.41) is 9.08. The lowest BCUT2D eigenvalue weighted by Gasteiger charge is -2.03. The molecule has 114 valence electrons. The van der Waals surface area contributed by atoms with Crippen molar-refractivity contribution in [1.82, 2.24) is 4.98 Å². The summed E-state index contributed by atoms with van der Waals surface area (Å²) < 4.78 is 0. The SMILES string of the molecule is Cc1cccc(Nc2nc(-c3ccc4c(c3)CC(=O)N4)cs2)c1. The van der Waals surface area contributed by atoms with Crippen LogP contribution in [0.3, 0.4) is 0 Å². The Hall–Kier alpha value is -2.66. The molecule has 0 spiro atoms. The van der Waals surface area contributed by atoms with E-state index in [0.717, 1.165) is 33.3 Å².